The normalized spacial score (nSPS) is 13.0. The van der Waals surface area contributed by atoms with Crippen molar-refractivity contribution < 1.29 is 19.2 Å². The van der Waals surface area contributed by atoms with Gasteiger partial charge < -0.3 is 14.9 Å². The molecule has 0 saturated carbocycles. The molecule has 3 aromatic rings. The number of halogens is 1. The fourth-order valence-electron chi connectivity index (χ4n) is 2.93. The van der Waals surface area contributed by atoms with Crippen LogP contribution in [0.25, 0.3) is 0 Å². The smallest absolute Gasteiger partial charge is 0.312 e. The van der Waals surface area contributed by atoms with Crippen LogP contribution in [-0.2, 0) is 9.59 Å². The summed E-state index contributed by atoms with van der Waals surface area (Å²) in [6, 6.07) is 16.8. The summed E-state index contributed by atoms with van der Waals surface area (Å²) in [5.41, 5.74) is 1.06. The maximum atomic E-state index is 13.0. The summed E-state index contributed by atoms with van der Waals surface area (Å²) in [6.07, 6.45) is 0. The molecule has 0 radical (unpaired) electrons. The molecular formula is C20H17ClN2O4. The second kappa shape index (κ2) is 8.05. The lowest BCUT2D eigenvalue weighted by atomic mass is 9.80. The lowest BCUT2D eigenvalue weighted by Gasteiger charge is -2.24. The Morgan fingerprint density at radius 3 is 2.22 bits per heavy atom. The number of nitrogens with zero attached hydrogens (tertiary/aromatic N) is 1. The van der Waals surface area contributed by atoms with Crippen molar-refractivity contribution in [3.05, 3.63) is 82.6 Å². The first kappa shape index (κ1) is 18.7. The minimum absolute atomic E-state index is 0.235. The number of anilines is 1. The van der Waals surface area contributed by atoms with Crippen molar-refractivity contribution in [2.75, 3.05) is 5.32 Å². The molecule has 138 valence electrons. The third-order valence-electron chi connectivity index (χ3n) is 4.15. The lowest BCUT2D eigenvalue weighted by molar-refractivity contribution is -0.141. The van der Waals surface area contributed by atoms with Crippen molar-refractivity contribution in [1.29, 1.82) is 0 Å². The van der Waals surface area contributed by atoms with Gasteiger partial charge in [0.05, 0.1) is 11.8 Å². The molecule has 2 atom stereocenters. The van der Waals surface area contributed by atoms with E-state index in [-0.39, 0.29) is 5.82 Å². The van der Waals surface area contributed by atoms with Crippen LogP contribution >= 0.6 is 11.6 Å². The summed E-state index contributed by atoms with van der Waals surface area (Å²) in [5.74, 6) is -2.90. The molecule has 0 spiro atoms. The topological polar surface area (TPSA) is 92.4 Å². The van der Waals surface area contributed by atoms with E-state index < -0.39 is 23.7 Å². The molecule has 0 aliphatic carbocycles. The van der Waals surface area contributed by atoms with Crippen molar-refractivity contribution in [2.45, 2.75) is 18.8 Å². The number of hydrogen-bond acceptors (Lipinski definition) is 4. The van der Waals surface area contributed by atoms with Crippen LogP contribution in [0.1, 0.15) is 28.7 Å². The number of benzene rings is 2. The van der Waals surface area contributed by atoms with Crippen LogP contribution in [0.3, 0.4) is 0 Å². The fraction of sp³-hybridized carbons (Fsp3) is 0.150. The lowest BCUT2D eigenvalue weighted by Crippen LogP contribution is -2.31. The largest absolute Gasteiger partial charge is 0.481 e. The standard InChI is InChI=1S/C20H17ClN2O4/c1-12-11-16(23-27-12)22-19(24)17(13-5-3-2-4-6-13)18(20(25)26)14-7-9-15(21)10-8-14/h2-11,17-18H,1H3,(H,25,26)(H,22,23,24). The molecular weight excluding hydrogens is 368 g/mol. The maximum absolute atomic E-state index is 13.0. The Balaban J connectivity index is 2.03. The van der Waals surface area contributed by atoms with Gasteiger partial charge >= 0.3 is 5.97 Å². The number of carboxylic acid groups (broad SMARTS) is 1. The van der Waals surface area contributed by atoms with Crippen LogP contribution in [0.15, 0.2) is 65.2 Å². The van der Waals surface area contributed by atoms with Crippen molar-refractivity contribution in [1.82, 2.24) is 5.16 Å². The highest BCUT2D eigenvalue weighted by molar-refractivity contribution is 6.30. The minimum atomic E-state index is -1.11. The fourth-order valence-corrected chi connectivity index (χ4v) is 3.06. The highest BCUT2D eigenvalue weighted by atomic mass is 35.5. The van der Waals surface area contributed by atoms with E-state index in [2.05, 4.69) is 10.5 Å². The van der Waals surface area contributed by atoms with Crippen LogP contribution in [0, 0.1) is 6.92 Å². The number of aromatic nitrogens is 1. The Labute approximate surface area is 160 Å². The van der Waals surface area contributed by atoms with E-state index in [0.717, 1.165) is 0 Å². The molecule has 7 heteroatoms. The first-order valence-electron chi connectivity index (χ1n) is 8.23. The Kier molecular flexibility index (Phi) is 5.57. The van der Waals surface area contributed by atoms with E-state index in [4.69, 9.17) is 16.1 Å². The monoisotopic (exact) mass is 384 g/mol. The summed E-state index contributed by atoms with van der Waals surface area (Å²) in [5, 5.41) is 16.8. The van der Waals surface area contributed by atoms with Crippen molar-refractivity contribution >= 4 is 29.3 Å². The molecule has 0 fully saturated rings. The predicted molar refractivity (Wildman–Crippen MR) is 101 cm³/mol. The number of carbonyl (C=O) groups is 2. The molecule has 0 aliphatic rings. The Morgan fingerprint density at radius 1 is 1.04 bits per heavy atom. The number of carbonyl (C=O) groups excluding carboxylic acids is 1. The molecule has 27 heavy (non-hydrogen) atoms. The van der Waals surface area contributed by atoms with E-state index in [9.17, 15) is 14.7 Å². The molecule has 2 N–H and O–H groups in total. The van der Waals surface area contributed by atoms with Gasteiger partial charge in [0.25, 0.3) is 0 Å². The quantitative estimate of drug-likeness (QED) is 0.663. The van der Waals surface area contributed by atoms with Gasteiger partial charge in [-0.3, -0.25) is 9.59 Å². The van der Waals surface area contributed by atoms with Crippen molar-refractivity contribution in [3.8, 4) is 0 Å². The van der Waals surface area contributed by atoms with Crippen LogP contribution in [0.4, 0.5) is 5.82 Å². The third-order valence-corrected chi connectivity index (χ3v) is 4.40. The summed E-state index contributed by atoms with van der Waals surface area (Å²) < 4.78 is 4.96. The SMILES string of the molecule is Cc1cc(NC(=O)C(c2ccccc2)C(C(=O)O)c2ccc(Cl)cc2)no1. The number of nitrogens with one attached hydrogen (secondary N) is 1. The predicted octanol–water partition coefficient (Wildman–Crippen LogP) is 4.23. The van der Waals surface area contributed by atoms with Crippen LogP contribution < -0.4 is 5.32 Å². The van der Waals surface area contributed by atoms with Gasteiger partial charge in [-0.05, 0) is 30.2 Å². The average molecular weight is 385 g/mol. The summed E-state index contributed by atoms with van der Waals surface area (Å²) >= 11 is 5.92. The zero-order valence-corrected chi connectivity index (χ0v) is 15.2. The van der Waals surface area contributed by atoms with E-state index in [1.165, 1.54) is 0 Å². The molecule has 0 saturated heterocycles. The molecule has 1 aromatic heterocycles. The van der Waals surface area contributed by atoms with Gasteiger partial charge in [0.15, 0.2) is 5.82 Å². The molecule has 0 bridgehead atoms. The number of aryl methyl sites for hydroxylation is 1. The number of aliphatic carboxylic acids is 1. The van der Waals surface area contributed by atoms with Crippen molar-refractivity contribution in [3.63, 3.8) is 0 Å². The summed E-state index contributed by atoms with van der Waals surface area (Å²) in [7, 11) is 0. The van der Waals surface area contributed by atoms with Gasteiger partial charge in [0, 0.05) is 11.1 Å². The molecule has 1 heterocycles. The Morgan fingerprint density at radius 2 is 1.67 bits per heavy atom. The van der Waals surface area contributed by atoms with E-state index in [1.54, 1.807) is 67.6 Å². The second-order valence-corrected chi connectivity index (χ2v) is 6.50. The van der Waals surface area contributed by atoms with Crippen LogP contribution in [0.5, 0.6) is 0 Å². The third kappa shape index (κ3) is 4.35. The zero-order valence-electron chi connectivity index (χ0n) is 14.4. The molecule has 6 nitrogen and oxygen atoms in total. The molecule has 1 amide bonds. The highest BCUT2D eigenvalue weighted by Gasteiger charge is 2.36. The Bertz CT molecular complexity index is 938. The van der Waals surface area contributed by atoms with Gasteiger partial charge in [0.1, 0.15) is 5.76 Å². The first-order valence-corrected chi connectivity index (χ1v) is 8.61. The number of carboxylic acids is 1. The molecule has 2 unspecified atom stereocenters. The van der Waals surface area contributed by atoms with Gasteiger partial charge in [-0.15, -0.1) is 0 Å². The van der Waals surface area contributed by atoms with E-state index >= 15 is 0 Å². The van der Waals surface area contributed by atoms with E-state index in [0.29, 0.717) is 21.9 Å². The van der Waals surface area contributed by atoms with Gasteiger partial charge in [-0.25, -0.2) is 0 Å². The maximum Gasteiger partial charge on any atom is 0.312 e. The summed E-state index contributed by atoms with van der Waals surface area (Å²) in [6.45, 7) is 1.70. The van der Waals surface area contributed by atoms with Gasteiger partial charge in [-0.2, -0.15) is 0 Å². The average Bonchev–Trinajstić information content (AvgIpc) is 3.05. The zero-order chi connectivity index (χ0) is 19.4. The van der Waals surface area contributed by atoms with Gasteiger partial charge in [0.2, 0.25) is 5.91 Å². The van der Waals surface area contributed by atoms with Gasteiger partial charge in [-0.1, -0.05) is 59.2 Å². The van der Waals surface area contributed by atoms with Crippen LogP contribution in [0.2, 0.25) is 5.02 Å². The second-order valence-electron chi connectivity index (χ2n) is 6.07. The molecule has 3 rings (SSSR count). The van der Waals surface area contributed by atoms with Crippen LogP contribution in [-0.4, -0.2) is 22.1 Å². The molecule has 2 aromatic carbocycles. The highest BCUT2D eigenvalue weighted by Crippen LogP contribution is 2.35. The summed E-state index contributed by atoms with van der Waals surface area (Å²) in [4.78, 5) is 25.1. The molecule has 0 aliphatic heterocycles. The number of rotatable bonds is 6. The van der Waals surface area contributed by atoms with Crippen molar-refractivity contribution in [2.24, 2.45) is 0 Å². The number of hydrogen-bond donors (Lipinski definition) is 2. The number of amides is 1. The van der Waals surface area contributed by atoms with E-state index in [1.807, 2.05) is 0 Å². The first-order chi connectivity index (χ1) is 13.0. The Hall–Kier alpha value is -3.12. The minimum Gasteiger partial charge on any atom is -0.481 e.